The van der Waals surface area contributed by atoms with Crippen LogP contribution in [-0.2, 0) is 9.59 Å². The second-order valence-corrected chi connectivity index (χ2v) is 5.66. The zero-order valence-electron chi connectivity index (χ0n) is 13.8. The van der Waals surface area contributed by atoms with Crippen molar-refractivity contribution in [1.82, 2.24) is 5.32 Å². The molecule has 0 spiro atoms. The van der Waals surface area contributed by atoms with Crippen molar-refractivity contribution in [2.24, 2.45) is 11.8 Å². The Balaban J connectivity index is 1.99. The number of amides is 2. The second kappa shape index (κ2) is 7.85. The van der Waals surface area contributed by atoms with Crippen molar-refractivity contribution >= 4 is 17.5 Å². The van der Waals surface area contributed by atoms with Crippen LogP contribution in [0.5, 0.6) is 11.5 Å². The zero-order chi connectivity index (χ0) is 16.8. The van der Waals surface area contributed by atoms with Gasteiger partial charge in [-0.1, -0.05) is 6.92 Å². The number of hydrogen-bond acceptors (Lipinski definition) is 4. The zero-order valence-corrected chi connectivity index (χ0v) is 13.8. The van der Waals surface area contributed by atoms with Gasteiger partial charge in [-0.3, -0.25) is 9.59 Å². The predicted octanol–water partition coefficient (Wildman–Crippen LogP) is 2.19. The molecule has 2 N–H and O–H groups in total. The Labute approximate surface area is 136 Å². The molecule has 6 heteroatoms. The summed E-state index contributed by atoms with van der Waals surface area (Å²) >= 11 is 0. The lowest BCUT2D eigenvalue weighted by atomic mass is 10.2. The molecule has 2 amide bonds. The van der Waals surface area contributed by atoms with Crippen LogP contribution in [0.2, 0.25) is 0 Å². The van der Waals surface area contributed by atoms with Crippen LogP contribution in [0.1, 0.15) is 27.2 Å². The molecule has 6 nitrogen and oxygen atoms in total. The Bertz CT molecular complexity index is 574. The van der Waals surface area contributed by atoms with Gasteiger partial charge in [-0.2, -0.15) is 0 Å². The first-order chi connectivity index (χ1) is 11.0. The summed E-state index contributed by atoms with van der Waals surface area (Å²) in [5.41, 5.74) is 0.428. The molecule has 1 saturated carbocycles. The van der Waals surface area contributed by atoms with Crippen molar-refractivity contribution < 1.29 is 19.1 Å². The molecule has 126 valence electrons. The summed E-state index contributed by atoms with van der Waals surface area (Å²) in [6, 6.07) is 5.13. The summed E-state index contributed by atoms with van der Waals surface area (Å²) in [4.78, 5) is 23.9. The fraction of sp³-hybridized carbons (Fsp3) is 0.529. The number of benzene rings is 1. The van der Waals surface area contributed by atoms with Crippen LogP contribution < -0.4 is 20.1 Å². The summed E-state index contributed by atoms with van der Waals surface area (Å²) < 4.78 is 10.9. The number of nitrogens with one attached hydrogen (secondary N) is 2. The van der Waals surface area contributed by atoms with Crippen molar-refractivity contribution in [1.29, 1.82) is 0 Å². The fourth-order valence-electron chi connectivity index (χ4n) is 2.31. The van der Waals surface area contributed by atoms with Gasteiger partial charge in [0.25, 0.3) is 0 Å². The quantitative estimate of drug-likeness (QED) is 0.755. The molecule has 2 atom stereocenters. The van der Waals surface area contributed by atoms with Crippen LogP contribution in [0.25, 0.3) is 0 Å². The van der Waals surface area contributed by atoms with Crippen LogP contribution in [0, 0.1) is 11.8 Å². The summed E-state index contributed by atoms with van der Waals surface area (Å²) in [5.74, 6) is 0.908. The lowest BCUT2D eigenvalue weighted by molar-refractivity contribution is -0.136. The molecule has 1 fully saturated rings. The van der Waals surface area contributed by atoms with E-state index < -0.39 is 11.8 Å². The highest BCUT2D eigenvalue weighted by Crippen LogP contribution is 2.36. The summed E-state index contributed by atoms with van der Waals surface area (Å²) in [6.45, 7) is 7.38. The number of ether oxygens (including phenoxy) is 2. The largest absolute Gasteiger partial charge is 0.494 e. The van der Waals surface area contributed by atoms with Crippen molar-refractivity contribution in [3.05, 3.63) is 18.2 Å². The van der Waals surface area contributed by atoms with Crippen LogP contribution in [0.4, 0.5) is 5.69 Å². The maximum absolute atomic E-state index is 12.0. The summed E-state index contributed by atoms with van der Waals surface area (Å²) in [5, 5.41) is 5.26. The topological polar surface area (TPSA) is 76.7 Å². The summed E-state index contributed by atoms with van der Waals surface area (Å²) in [7, 11) is 0. The second-order valence-electron chi connectivity index (χ2n) is 5.66. The van der Waals surface area contributed by atoms with E-state index in [-0.39, 0.29) is 0 Å². The molecule has 1 aromatic carbocycles. The molecule has 23 heavy (non-hydrogen) atoms. The van der Waals surface area contributed by atoms with Crippen LogP contribution in [0.3, 0.4) is 0 Å². The Morgan fingerprint density at radius 3 is 2.48 bits per heavy atom. The van der Waals surface area contributed by atoms with E-state index in [0.29, 0.717) is 48.8 Å². The smallest absolute Gasteiger partial charge is 0.313 e. The average Bonchev–Trinajstić information content (AvgIpc) is 3.23. The molecule has 0 heterocycles. The van der Waals surface area contributed by atoms with Gasteiger partial charge in [0, 0.05) is 12.6 Å². The molecule has 2 rings (SSSR count). The third kappa shape index (κ3) is 4.87. The lowest BCUT2D eigenvalue weighted by Gasteiger charge is -2.13. The third-order valence-corrected chi connectivity index (χ3v) is 3.82. The van der Waals surface area contributed by atoms with E-state index in [1.807, 2.05) is 13.8 Å². The van der Waals surface area contributed by atoms with E-state index in [9.17, 15) is 9.59 Å². The van der Waals surface area contributed by atoms with Gasteiger partial charge < -0.3 is 20.1 Å². The molecule has 0 aliphatic heterocycles. The van der Waals surface area contributed by atoms with E-state index in [1.165, 1.54) is 0 Å². The van der Waals surface area contributed by atoms with E-state index in [4.69, 9.17) is 9.47 Å². The number of hydrogen-bond donors (Lipinski definition) is 2. The maximum atomic E-state index is 12.0. The molecular weight excluding hydrogens is 296 g/mol. The van der Waals surface area contributed by atoms with Gasteiger partial charge in [0.1, 0.15) is 11.5 Å². The first kappa shape index (κ1) is 17.1. The van der Waals surface area contributed by atoms with Gasteiger partial charge in [-0.15, -0.1) is 0 Å². The standard InChI is InChI=1S/C17H24N2O4/c1-4-22-13-6-7-15(23-5-2)14(9-13)19-17(21)16(20)18-10-12-8-11(12)3/h6-7,9,11-12H,4-5,8,10H2,1-3H3,(H,18,20)(H,19,21)/t11-,12-/m0/s1. The highest BCUT2D eigenvalue weighted by atomic mass is 16.5. The van der Waals surface area contributed by atoms with Gasteiger partial charge in [-0.25, -0.2) is 0 Å². The van der Waals surface area contributed by atoms with E-state index >= 15 is 0 Å². The van der Waals surface area contributed by atoms with Crippen LogP contribution in [0.15, 0.2) is 18.2 Å². The molecule has 0 radical (unpaired) electrons. The number of anilines is 1. The van der Waals surface area contributed by atoms with Gasteiger partial charge in [0.05, 0.1) is 18.9 Å². The van der Waals surface area contributed by atoms with Gasteiger partial charge in [-0.05, 0) is 44.2 Å². The molecular formula is C17H24N2O4. The summed E-state index contributed by atoms with van der Waals surface area (Å²) in [6.07, 6.45) is 1.10. The predicted molar refractivity (Wildman–Crippen MR) is 87.7 cm³/mol. The molecule has 0 aromatic heterocycles. The molecule has 0 bridgehead atoms. The van der Waals surface area contributed by atoms with Crippen LogP contribution in [-0.4, -0.2) is 31.6 Å². The fourth-order valence-corrected chi connectivity index (χ4v) is 2.31. The highest BCUT2D eigenvalue weighted by molar-refractivity contribution is 6.39. The van der Waals surface area contributed by atoms with Crippen molar-refractivity contribution in [3.8, 4) is 11.5 Å². The minimum absolute atomic E-state index is 0.428. The Morgan fingerprint density at radius 1 is 1.17 bits per heavy atom. The first-order valence-electron chi connectivity index (χ1n) is 8.04. The first-order valence-corrected chi connectivity index (χ1v) is 8.04. The third-order valence-electron chi connectivity index (χ3n) is 3.82. The molecule has 1 aliphatic carbocycles. The van der Waals surface area contributed by atoms with Crippen molar-refractivity contribution in [2.45, 2.75) is 27.2 Å². The molecule has 1 aliphatic rings. The van der Waals surface area contributed by atoms with E-state index in [0.717, 1.165) is 6.42 Å². The van der Waals surface area contributed by atoms with E-state index in [2.05, 4.69) is 17.6 Å². The SMILES string of the molecule is CCOc1ccc(OCC)c(NC(=O)C(=O)NC[C@@H]2C[C@@H]2C)c1. The normalized spacial score (nSPS) is 18.9. The van der Waals surface area contributed by atoms with Gasteiger partial charge in [0.2, 0.25) is 0 Å². The van der Waals surface area contributed by atoms with Crippen LogP contribution >= 0.6 is 0 Å². The Kier molecular flexibility index (Phi) is 5.84. The van der Waals surface area contributed by atoms with Crippen molar-refractivity contribution in [3.63, 3.8) is 0 Å². The Morgan fingerprint density at radius 2 is 1.87 bits per heavy atom. The van der Waals surface area contributed by atoms with E-state index in [1.54, 1.807) is 18.2 Å². The minimum atomic E-state index is -0.701. The van der Waals surface area contributed by atoms with Gasteiger partial charge >= 0.3 is 11.8 Å². The maximum Gasteiger partial charge on any atom is 0.313 e. The number of carbonyl (C=O) groups is 2. The average molecular weight is 320 g/mol. The number of rotatable bonds is 7. The monoisotopic (exact) mass is 320 g/mol. The lowest BCUT2D eigenvalue weighted by Crippen LogP contribution is -2.36. The molecule has 0 saturated heterocycles. The molecule has 1 aromatic rings. The van der Waals surface area contributed by atoms with Gasteiger partial charge in [0.15, 0.2) is 0 Å². The Hall–Kier alpha value is -2.24. The highest BCUT2D eigenvalue weighted by Gasteiger charge is 2.33. The molecule has 0 unspecified atom stereocenters. The minimum Gasteiger partial charge on any atom is -0.494 e. The number of carbonyl (C=O) groups excluding carboxylic acids is 2. The van der Waals surface area contributed by atoms with Crippen molar-refractivity contribution in [2.75, 3.05) is 25.1 Å².